The van der Waals surface area contributed by atoms with Crippen molar-refractivity contribution in [2.75, 3.05) is 32.1 Å². The lowest BCUT2D eigenvalue weighted by molar-refractivity contribution is 0.315. The molecular weight excluding hydrogens is 266 g/mol. The highest BCUT2D eigenvalue weighted by Gasteiger charge is 2.23. The van der Waals surface area contributed by atoms with Crippen LogP contribution in [0.3, 0.4) is 0 Å². The van der Waals surface area contributed by atoms with E-state index in [-0.39, 0.29) is 0 Å². The van der Waals surface area contributed by atoms with Crippen molar-refractivity contribution in [1.29, 1.82) is 0 Å². The lowest BCUT2D eigenvalue weighted by Gasteiger charge is -2.22. The van der Waals surface area contributed by atoms with Gasteiger partial charge in [-0.3, -0.25) is 4.99 Å². The van der Waals surface area contributed by atoms with Crippen LogP contribution in [0.1, 0.15) is 12.0 Å². The molecule has 1 heterocycles. The molecule has 0 radical (unpaired) electrons. The van der Waals surface area contributed by atoms with Gasteiger partial charge in [-0.05, 0) is 50.3 Å². The maximum atomic E-state index is 4.14. The van der Waals surface area contributed by atoms with Crippen molar-refractivity contribution in [3.63, 3.8) is 0 Å². The molecule has 3 nitrogen and oxygen atoms in total. The molecule has 4 heteroatoms. The molecule has 0 aromatic heterocycles. The molecule has 0 bridgehead atoms. The molecule has 1 fully saturated rings. The summed E-state index contributed by atoms with van der Waals surface area (Å²) in [5.74, 6) is 0. The molecule has 1 atom stereocenters. The molecule has 0 spiro atoms. The Bertz CT molecular complexity index is 479. The van der Waals surface area contributed by atoms with E-state index in [1.165, 1.54) is 17.7 Å². The van der Waals surface area contributed by atoms with Crippen molar-refractivity contribution in [2.24, 2.45) is 4.99 Å². The number of thiol groups is 1. The standard InChI is InChI=1S/C16H23N3S/c1-17-14(12-20)10-13-4-6-15(7-5-13)19-9-8-16(11-19)18(2)3/h4-7,12,16,20H,1,8-11H2,2-3H3/b14-12-. The van der Waals surface area contributed by atoms with Crippen molar-refractivity contribution >= 4 is 25.0 Å². The van der Waals surface area contributed by atoms with Crippen molar-refractivity contribution in [2.45, 2.75) is 18.9 Å². The average Bonchev–Trinajstić information content (AvgIpc) is 2.95. The summed E-state index contributed by atoms with van der Waals surface area (Å²) in [7, 11) is 4.32. The van der Waals surface area contributed by atoms with Gasteiger partial charge < -0.3 is 9.80 Å². The Hall–Kier alpha value is -1.26. The predicted octanol–water partition coefficient (Wildman–Crippen LogP) is 2.84. The molecule has 1 unspecified atom stereocenters. The van der Waals surface area contributed by atoms with Crippen LogP contribution in [0.4, 0.5) is 5.69 Å². The monoisotopic (exact) mass is 289 g/mol. The molecule has 1 aromatic carbocycles. The summed E-state index contributed by atoms with van der Waals surface area (Å²) in [6.07, 6.45) is 2.02. The van der Waals surface area contributed by atoms with Crippen LogP contribution in [0, 0.1) is 0 Å². The fraction of sp³-hybridized carbons (Fsp3) is 0.438. The molecule has 1 aliphatic heterocycles. The predicted molar refractivity (Wildman–Crippen MR) is 91.1 cm³/mol. The Kier molecular flexibility index (Phi) is 5.26. The van der Waals surface area contributed by atoms with Crippen molar-refractivity contribution in [3.8, 4) is 0 Å². The number of likely N-dealkylation sites (N-methyl/N-ethyl adjacent to an activating group) is 1. The van der Waals surface area contributed by atoms with Gasteiger partial charge in [0.1, 0.15) is 0 Å². The molecule has 0 saturated carbocycles. The SMILES string of the molecule is C=N/C(=C\S)Cc1ccc(N2CCC(N(C)C)C2)cc1. The van der Waals surface area contributed by atoms with E-state index in [2.05, 4.69) is 72.5 Å². The van der Waals surface area contributed by atoms with Crippen LogP contribution in [0.15, 0.2) is 40.4 Å². The third-order valence-corrected chi connectivity index (χ3v) is 4.23. The number of anilines is 1. The first-order valence-corrected chi connectivity index (χ1v) is 7.46. The average molecular weight is 289 g/mol. The zero-order valence-corrected chi connectivity index (χ0v) is 13.2. The van der Waals surface area contributed by atoms with Crippen LogP contribution in [0.5, 0.6) is 0 Å². The summed E-state index contributed by atoms with van der Waals surface area (Å²) < 4.78 is 0. The van der Waals surface area contributed by atoms with Gasteiger partial charge in [0.25, 0.3) is 0 Å². The van der Waals surface area contributed by atoms with Gasteiger partial charge in [-0.2, -0.15) is 0 Å². The second kappa shape index (κ2) is 6.95. The largest absolute Gasteiger partial charge is 0.370 e. The molecule has 1 saturated heterocycles. The summed E-state index contributed by atoms with van der Waals surface area (Å²) in [6, 6.07) is 9.40. The molecule has 20 heavy (non-hydrogen) atoms. The second-order valence-corrected chi connectivity index (χ2v) is 5.73. The van der Waals surface area contributed by atoms with E-state index in [9.17, 15) is 0 Å². The van der Waals surface area contributed by atoms with Gasteiger partial charge in [0.2, 0.25) is 0 Å². The van der Waals surface area contributed by atoms with E-state index in [0.29, 0.717) is 6.04 Å². The fourth-order valence-corrected chi connectivity index (χ4v) is 2.75. The van der Waals surface area contributed by atoms with E-state index in [1.54, 1.807) is 5.41 Å². The molecule has 1 aliphatic rings. The van der Waals surface area contributed by atoms with Gasteiger partial charge >= 0.3 is 0 Å². The Labute approximate surface area is 127 Å². The lowest BCUT2D eigenvalue weighted by Crippen LogP contribution is -2.31. The van der Waals surface area contributed by atoms with Gasteiger partial charge in [-0.1, -0.05) is 12.1 Å². The van der Waals surface area contributed by atoms with Crippen LogP contribution < -0.4 is 4.90 Å². The Morgan fingerprint density at radius 3 is 2.65 bits per heavy atom. The van der Waals surface area contributed by atoms with Crippen LogP contribution in [-0.4, -0.2) is 44.8 Å². The third kappa shape index (κ3) is 3.64. The van der Waals surface area contributed by atoms with Gasteiger partial charge in [-0.25, -0.2) is 0 Å². The maximum Gasteiger partial charge on any atom is 0.0500 e. The van der Waals surface area contributed by atoms with Crippen LogP contribution in [-0.2, 0) is 6.42 Å². The summed E-state index contributed by atoms with van der Waals surface area (Å²) >= 11 is 4.14. The summed E-state index contributed by atoms with van der Waals surface area (Å²) in [6.45, 7) is 5.80. The molecule has 2 rings (SSSR count). The van der Waals surface area contributed by atoms with Crippen molar-refractivity contribution in [1.82, 2.24) is 4.90 Å². The number of benzene rings is 1. The maximum absolute atomic E-state index is 4.14. The van der Waals surface area contributed by atoms with E-state index >= 15 is 0 Å². The molecule has 0 aliphatic carbocycles. The molecule has 0 amide bonds. The third-order valence-electron chi connectivity index (χ3n) is 3.93. The zero-order valence-electron chi connectivity index (χ0n) is 12.3. The summed E-state index contributed by atoms with van der Waals surface area (Å²) in [5.41, 5.74) is 3.45. The van der Waals surface area contributed by atoms with Crippen molar-refractivity contribution in [3.05, 3.63) is 40.9 Å². The van der Waals surface area contributed by atoms with E-state index in [4.69, 9.17) is 0 Å². The van der Waals surface area contributed by atoms with Crippen LogP contribution >= 0.6 is 12.6 Å². The number of hydrogen-bond acceptors (Lipinski definition) is 4. The van der Waals surface area contributed by atoms with Crippen LogP contribution in [0.25, 0.3) is 0 Å². The molecule has 0 N–H and O–H groups in total. The van der Waals surface area contributed by atoms with Crippen LogP contribution in [0.2, 0.25) is 0 Å². The minimum absolute atomic E-state index is 0.665. The molecule has 108 valence electrons. The Morgan fingerprint density at radius 2 is 2.15 bits per heavy atom. The number of hydrogen-bond donors (Lipinski definition) is 1. The topological polar surface area (TPSA) is 18.8 Å². The molecule has 1 aromatic rings. The normalized spacial score (nSPS) is 19.7. The first kappa shape index (κ1) is 15.1. The van der Waals surface area contributed by atoms with E-state index in [0.717, 1.165) is 25.2 Å². The van der Waals surface area contributed by atoms with E-state index < -0.39 is 0 Å². The summed E-state index contributed by atoms with van der Waals surface area (Å²) in [5, 5.41) is 1.71. The van der Waals surface area contributed by atoms with Gasteiger partial charge in [0, 0.05) is 36.9 Å². The number of aliphatic imine (C=N–C) groups is 1. The summed E-state index contributed by atoms with van der Waals surface area (Å²) in [4.78, 5) is 8.72. The highest BCUT2D eigenvalue weighted by atomic mass is 32.1. The van der Waals surface area contributed by atoms with Gasteiger partial charge in [0.05, 0.1) is 0 Å². The second-order valence-electron chi connectivity index (χ2n) is 5.47. The highest BCUT2D eigenvalue weighted by molar-refractivity contribution is 7.83. The minimum atomic E-state index is 0.665. The van der Waals surface area contributed by atoms with Gasteiger partial charge in [-0.15, -0.1) is 12.6 Å². The Balaban J connectivity index is 2.00. The quantitative estimate of drug-likeness (QED) is 0.664. The Morgan fingerprint density at radius 1 is 1.45 bits per heavy atom. The van der Waals surface area contributed by atoms with Gasteiger partial charge in [0.15, 0.2) is 0 Å². The van der Waals surface area contributed by atoms with Crippen molar-refractivity contribution < 1.29 is 0 Å². The first-order valence-electron chi connectivity index (χ1n) is 6.94. The number of nitrogens with zero attached hydrogens (tertiary/aromatic N) is 3. The number of rotatable bonds is 5. The fourth-order valence-electron chi connectivity index (χ4n) is 2.57. The van der Waals surface area contributed by atoms with E-state index in [1.807, 2.05) is 0 Å². The lowest BCUT2D eigenvalue weighted by atomic mass is 10.1. The minimum Gasteiger partial charge on any atom is -0.370 e. The first-order chi connectivity index (χ1) is 9.63. The smallest absolute Gasteiger partial charge is 0.0500 e. The molecular formula is C16H23N3S. The zero-order chi connectivity index (χ0) is 14.5. The highest BCUT2D eigenvalue weighted by Crippen LogP contribution is 2.23. The number of allylic oxidation sites excluding steroid dienone is 1.